The first-order valence-electron chi connectivity index (χ1n) is 8.44. The number of hydrogen-bond acceptors (Lipinski definition) is 3. The van der Waals surface area contributed by atoms with Crippen molar-refractivity contribution in [1.82, 2.24) is 9.80 Å². The van der Waals surface area contributed by atoms with Crippen molar-refractivity contribution in [2.45, 2.75) is 12.5 Å². The van der Waals surface area contributed by atoms with E-state index in [4.69, 9.17) is 4.74 Å². The van der Waals surface area contributed by atoms with Crippen LogP contribution in [0, 0.1) is 5.82 Å². The zero-order chi connectivity index (χ0) is 17.8. The summed E-state index contributed by atoms with van der Waals surface area (Å²) < 4.78 is 18.5. The molecule has 3 rings (SSSR count). The van der Waals surface area contributed by atoms with Crippen LogP contribution in [0.2, 0.25) is 0 Å². The molecule has 1 unspecified atom stereocenters. The van der Waals surface area contributed by atoms with Gasteiger partial charge in [-0.3, -0.25) is 9.69 Å². The van der Waals surface area contributed by atoms with Crippen molar-refractivity contribution in [3.63, 3.8) is 0 Å². The molecule has 1 saturated heterocycles. The van der Waals surface area contributed by atoms with Crippen LogP contribution < -0.4 is 4.74 Å². The zero-order valence-corrected chi connectivity index (χ0v) is 14.6. The number of carbonyl (C=O) groups is 1. The molecule has 0 bridgehead atoms. The third-order valence-electron chi connectivity index (χ3n) is 4.77. The second kappa shape index (κ2) is 7.66. The molecule has 0 N–H and O–H groups in total. The molecule has 4 nitrogen and oxygen atoms in total. The highest BCUT2D eigenvalue weighted by Crippen LogP contribution is 2.31. The lowest BCUT2D eigenvalue weighted by Crippen LogP contribution is -2.49. The Hall–Kier alpha value is -2.40. The van der Waals surface area contributed by atoms with Gasteiger partial charge in [-0.1, -0.05) is 30.3 Å². The van der Waals surface area contributed by atoms with Crippen molar-refractivity contribution >= 4 is 5.91 Å². The maximum absolute atomic E-state index is 13.0. The highest BCUT2D eigenvalue weighted by atomic mass is 19.1. The molecule has 0 saturated carbocycles. The summed E-state index contributed by atoms with van der Waals surface area (Å²) in [4.78, 5) is 16.8. The summed E-state index contributed by atoms with van der Waals surface area (Å²) in [6, 6.07) is 14.2. The summed E-state index contributed by atoms with van der Waals surface area (Å²) in [5.41, 5.74) is 1.92. The van der Waals surface area contributed by atoms with Gasteiger partial charge in [0, 0.05) is 25.2 Å². The number of piperazine rings is 1. The fraction of sp³-hybridized carbons (Fsp3) is 0.350. The van der Waals surface area contributed by atoms with Crippen LogP contribution >= 0.6 is 0 Å². The van der Waals surface area contributed by atoms with Crippen LogP contribution in [0.25, 0.3) is 0 Å². The molecular weight excluding hydrogens is 319 g/mol. The highest BCUT2D eigenvalue weighted by molar-refractivity contribution is 5.79. The van der Waals surface area contributed by atoms with Crippen molar-refractivity contribution in [1.29, 1.82) is 0 Å². The maximum Gasteiger partial charge on any atom is 0.227 e. The molecule has 2 aromatic rings. The van der Waals surface area contributed by atoms with E-state index in [1.807, 2.05) is 29.2 Å². The fourth-order valence-electron chi connectivity index (χ4n) is 3.27. The minimum atomic E-state index is -0.285. The van der Waals surface area contributed by atoms with Gasteiger partial charge in [-0.15, -0.1) is 0 Å². The molecule has 0 spiro atoms. The molecule has 1 heterocycles. The number of amides is 1. The average Bonchev–Trinajstić information content (AvgIpc) is 2.64. The summed E-state index contributed by atoms with van der Waals surface area (Å²) in [5, 5.41) is 0. The Morgan fingerprint density at radius 2 is 1.88 bits per heavy atom. The van der Waals surface area contributed by atoms with E-state index in [9.17, 15) is 9.18 Å². The van der Waals surface area contributed by atoms with Gasteiger partial charge in [0.15, 0.2) is 0 Å². The Morgan fingerprint density at radius 1 is 1.16 bits per heavy atom. The van der Waals surface area contributed by atoms with Crippen LogP contribution in [0.1, 0.15) is 17.2 Å². The van der Waals surface area contributed by atoms with Gasteiger partial charge in [0.05, 0.1) is 19.6 Å². The van der Waals surface area contributed by atoms with Gasteiger partial charge in [-0.25, -0.2) is 4.39 Å². The lowest BCUT2D eigenvalue weighted by molar-refractivity contribution is -0.133. The third kappa shape index (κ3) is 3.99. The number of hydrogen-bond donors (Lipinski definition) is 0. The van der Waals surface area contributed by atoms with Gasteiger partial charge in [0.25, 0.3) is 0 Å². The van der Waals surface area contributed by atoms with Crippen molar-refractivity contribution in [2.75, 3.05) is 33.8 Å². The molecule has 1 atom stereocenters. The fourth-order valence-corrected chi connectivity index (χ4v) is 3.27. The monoisotopic (exact) mass is 342 g/mol. The van der Waals surface area contributed by atoms with Crippen LogP contribution in [-0.4, -0.2) is 49.5 Å². The molecule has 0 aromatic heterocycles. The summed E-state index contributed by atoms with van der Waals surface area (Å²) in [6.07, 6.45) is 0.294. The first-order valence-corrected chi connectivity index (χ1v) is 8.44. The maximum atomic E-state index is 13.0. The van der Waals surface area contributed by atoms with Crippen LogP contribution in [0.4, 0.5) is 4.39 Å². The van der Waals surface area contributed by atoms with Crippen LogP contribution in [-0.2, 0) is 11.2 Å². The second-order valence-corrected chi connectivity index (χ2v) is 6.38. The van der Waals surface area contributed by atoms with E-state index < -0.39 is 0 Å². The van der Waals surface area contributed by atoms with E-state index in [0.29, 0.717) is 19.5 Å². The minimum Gasteiger partial charge on any atom is -0.496 e. The van der Waals surface area contributed by atoms with Gasteiger partial charge < -0.3 is 9.64 Å². The average molecular weight is 342 g/mol. The number of ether oxygens (including phenoxy) is 1. The molecule has 1 amide bonds. The Bertz CT molecular complexity index is 733. The van der Waals surface area contributed by atoms with Crippen molar-refractivity contribution in [3.8, 4) is 5.75 Å². The largest absolute Gasteiger partial charge is 0.496 e. The summed E-state index contributed by atoms with van der Waals surface area (Å²) >= 11 is 0. The van der Waals surface area contributed by atoms with E-state index in [1.54, 1.807) is 19.2 Å². The number of nitrogens with zero attached hydrogens (tertiary/aromatic N) is 2. The van der Waals surface area contributed by atoms with E-state index in [-0.39, 0.29) is 17.8 Å². The first-order chi connectivity index (χ1) is 12.1. The van der Waals surface area contributed by atoms with Gasteiger partial charge in [-0.05, 0) is 30.8 Å². The topological polar surface area (TPSA) is 32.8 Å². The third-order valence-corrected chi connectivity index (χ3v) is 4.77. The Morgan fingerprint density at radius 3 is 2.60 bits per heavy atom. The molecule has 1 aliphatic heterocycles. The highest BCUT2D eigenvalue weighted by Gasteiger charge is 2.30. The molecule has 0 radical (unpaired) electrons. The number of methoxy groups -OCH3 is 1. The summed E-state index contributed by atoms with van der Waals surface area (Å²) in [5.74, 6) is 0.624. The van der Waals surface area contributed by atoms with Gasteiger partial charge >= 0.3 is 0 Å². The molecule has 2 aromatic carbocycles. The van der Waals surface area contributed by atoms with E-state index >= 15 is 0 Å². The summed E-state index contributed by atoms with van der Waals surface area (Å²) in [6.45, 7) is 2.12. The number of benzene rings is 2. The number of likely N-dealkylation sites (N-methyl/N-ethyl adjacent to an activating group) is 1. The predicted octanol–water partition coefficient (Wildman–Crippen LogP) is 2.89. The molecule has 25 heavy (non-hydrogen) atoms. The zero-order valence-electron chi connectivity index (χ0n) is 14.6. The molecule has 0 aliphatic carbocycles. The lowest BCUT2D eigenvalue weighted by Gasteiger charge is -2.40. The standard InChI is InChI=1S/C20H23FN2O2/c1-22-11-12-23(20(24)13-15-7-9-16(21)10-8-15)14-18(22)17-5-3-4-6-19(17)25-2/h3-10,18H,11-14H2,1-2H3. The van der Waals surface area contributed by atoms with Gasteiger partial charge in [0.2, 0.25) is 5.91 Å². The number of halogens is 1. The van der Waals surface area contributed by atoms with E-state index in [0.717, 1.165) is 23.4 Å². The van der Waals surface area contributed by atoms with Crippen LogP contribution in [0.5, 0.6) is 5.75 Å². The molecule has 5 heteroatoms. The normalized spacial score (nSPS) is 18.2. The second-order valence-electron chi connectivity index (χ2n) is 6.38. The van der Waals surface area contributed by atoms with Crippen molar-refractivity contribution in [2.24, 2.45) is 0 Å². The number of para-hydroxylation sites is 1. The molecular formula is C20H23FN2O2. The van der Waals surface area contributed by atoms with Crippen LogP contribution in [0.3, 0.4) is 0 Å². The number of rotatable bonds is 4. The van der Waals surface area contributed by atoms with Crippen molar-refractivity contribution < 1.29 is 13.9 Å². The smallest absolute Gasteiger partial charge is 0.227 e. The minimum absolute atomic E-state index is 0.0691. The molecule has 132 valence electrons. The Labute approximate surface area is 147 Å². The van der Waals surface area contributed by atoms with Crippen molar-refractivity contribution in [3.05, 3.63) is 65.5 Å². The summed E-state index contributed by atoms with van der Waals surface area (Å²) in [7, 11) is 3.73. The Kier molecular flexibility index (Phi) is 5.34. The van der Waals surface area contributed by atoms with E-state index in [2.05, 4.69) is 11.9 Å². The quantitative estimate of drug-likeness (QED) is 0.856. The van der Waals surface area contributed by atoms with Crippen LogP contribution in [0.15, 0.2) is 48.5 Å². The predicted molar refractivity (Wildman–Crippen MR) is 95.0 cm³/mol. The SMILES string of the molecule is COc1ccccc1C1CN(C(=O)Cc2ccc(F)cc2)CCN1C. The molecule has 1 fully saturated rings. The Balaban J connectivity index is 1.73. The van der Waals surface area contributed by atoms with E-state index in [1.165, 1.54) is 12.1 Å². The number of carbonyl (C=O) groups excluding carboxylic acids is 1. The van der Waals surface area contributed by atoms with Gasteiger partial charge in [-0.2, -0.15) is 0 Å². The first kappa shape index (κ1) is 17.4. The molecule has 1 aliphatic rings. The lowest BCUT2D eigenvalue weighted by atomic mass is 10.0. The van der Waals surface area contributed by atoms with Gasteiger partial charge in [0.1, 0.15) is 11.6 Å².